The molecule has 1 atom stereocenters. The molecule has 6 rings (SSSR count). The lowest BCUT2D eigenvalue weighted by Gasteiger charge is -2.47. The summed E-state index contributed by atoms with van der Waals surface area (Å²) in [5.41, 5.74) is 6.77. The van der Waals surface area contributed by atoms with Crippen LogP contribution in [0.15, 0.2) is 113 Å². The Hall–Kier alpha value is -3.87. The number of ketones is 1. The van der Waals surface area contributed by atoms with E-state index in [2.05, 4.69) is 50.2 Å². The number of fused-ring (bicyclic) bond motifs is 2. The number of thioether (sulfide) groups is 1. The van der Waals surface area contributed by atoms with E-state index >= 15 is 0 Å². The normalized spacial score (nSPS) is 18.3. The molecule has 4 aromatic carbocycles. The second-order valence-corrected chi connectivity index (χ2v) is 11.5. The fourth-order valence-corrected chi connectivity index (χ4v) is 6.47. The van der Waals surface area contributed by atoms with E-state index in [0.717, 1.165) is 33.8 Å². The van der Waals surface area contributed by atoms with E-state index in [4.69, 9.17) is 21.8 Å². The molecule has 39 heavy (non-hydrogen) atoms. The second kappa shape index (κ2) is 10.0. The van der Waals surface area contributed by atoms with Crippen molar-refractivity contribution in [3.05, 3.63) is 130 Å². The zero-order chi connectivity index (χ0) is 27.1. The van der Waals surface area contributed by atoms with Gasteiger partial charge in [0.15, 0.2) is 10.8 Å². The molecule has 0 bridgehead atoms. The average Bonchev–Trinajstić information content (AvgIpc) is 3.35. The molecule has 7 heteroatoms. The molecule has 2 aliphatic heterocycles. The van der Waals surface area contributed by atoms with Crippen LogP contribution in [0.4, 0.5) is 11.4 Å². The van der Waals surface area contributed by atoms with Crippen molar-refractivity contribution >= 4 is 51.3 Å². The standard InChI is InChI=1S/C32H27ClN4OS/c1-21(2)23-16-18-24(19-17-23)30-28-14-7-8-15-29(28)32(36(34-30)26-11-5-4-6-12-26)37(35-31(39-32)22(3)38)27-13-9-10-25(33)20-27/h4-21H,1-3H3/t32-/m0/s1. The maximum atomic E-state index is 12.8. The van der Waals surface area contributed by atoms with Crippen molar-refractivity contribution in [1.82, 2.24) is 0 Å². The third-order valence-electron chi connectivity index (χ3n) is 6.94. The number of carbonyl (C=O) groups is 1. The van der Waals surface area contributed by atoms with Crippen molar-refractivity contribution in [1.29, 1.82) is 0 Å². The first-order chi connectivity index (χ1) is 18.9. The van der Waals surface area contributed by atoms with Crippen LogP contribution in [0.1, 0.15) is 48.9 Å². The highest BCUT2D eigenvalue weighted by atomic mass is 35.5. The van der Waals surface area contributed by atoms with Crippen LogP contribution in [0.3, 0.4) is 0 Å². The van der Waals surface area contributed by atoms with E-state index in [1.54, 1.807) is 6.92 Å². The van der Waals surface area contributed by atoms with Crippen molar-refractivity contribution in [2.24, 2.45) is 10.2 Å². The minimum Gasteiger partial charge on any atom is -0.292 e. The number of anilines is 2. The first-order valence-electron chi connectivity index (χ1n) is 12.9. The Morgan fingerprint density at radius 1 is 0.821 bits per heavy atom. The van der Waals surface area contributed by atoms with Gasteiger partial charge in [0.25, 0.3) is 0 Å². The summed E-state index contributed by atoms with van der Waals surface area (Å²) in [7, 11) is 0. The number of hydrogen-bond acceptors (Lipinski definition) is 6. The van der Waals surface area contributed by atoms with Crippen LogP contribution in [-0.2, 0) is 9.79 Å². The predicted octanol–water partition coefficient (Wildman–Crippen LogP) is 8.00. The van der Waals surface area contributed by atoms with Crippen LogP contribution in [0.25, 0.3) is 0 Å². The van der Waals surface area contributed by atoms with Gasteiger partial charge in [-0.25, -0.2) is 10.0 Å². The van der Waals surface area contributed by atoms with Gasteiger partial charge in [-0.3, -0.25) is 4.79 Å². The molecule has 0 fully saturated rings. The molecule has 0 radical (unpaired) electrons. The van der Waals surface area contributed by atoms with Gasteiger partial charge in [-0.2, -0.15) is 10.2 Å². The Bertz CT molecular complexity index is 1620. The van der Waals surface area contributed by atoms with E-state index in [-0.39, 0.29) is 5.78 Å². The number of Topliss-reactive ketones (excluding diaryl/α,β-unsaturated/α-hetero) is 1. The van der Waals surface area contributed by atoms with Gasteiger partial charge in [-0.15, -0.1) is 0 Å². The molecule has 0 saturated heterocycles. The van der Waals surface area contributed by atoms with Crippen LogP contribution in [0, 0.1) is 0 Å². The highest BCUT2D eigenvalue weighted by Gasteiger charge is 2.55. The summed E-state index contributed by atoms with van der Waals surface area (Å²) in [6.45, 7) is 5.93. The second-order valence-electron chi connectivity index (χ2n) is 9.88. The van der Waals surface area contributed by atoms with Gasteiger partial charge < -0.3 is 0 Å². The summed E-state index contributed by atoms with van der Waals surface area (Å²) in [4.78, 5) is 11.8. The molecule has 0 aliphatic carbocycles. The van der Waals surface area contributed by atoms with E-state index < -0.39 is 4.99 Å². The van der Waals surface area contributed by atoms with Crippen LogP contribution >= 0.6 is 23.4 Å². The van der Waals surface area contributed by atoms with Crippen molar-refractivity contribution < 1.29 is 4.79 Å². The van der Waals surface area contributed by atoms with Gasteiger partial charge >= 0.3 is 0 Å². The molecule has 0 aromatic heterocycles. The number of carbonyl (C=O) groups excluding carboxylic acids is 1. The first-order valence-corrected chi connectivity index (χ1v) is 14.1. The van der Waals surface area contributed by atoms with E-state index in [9.17, 15) is 4.79 Å². The Labute approximate surface area is 237 Å². The molecule has 0 N–H and O–H groups in total. The maximum Gasteiger partial charge on any atom is 0.234 e. The van der Waals surface area contributed by atoms with Gasteiger partial charge in [-0.05, 0) is 53.6 Å². The number of rotatable bonds is 5. The Morgan fingerprint density at radius 3 is 2.18 bits per heavy atom. The van der Waals surface area contributed by atoms with Crippen molar-refractivity contribution in [2.75, 3.05) is 10.0 Å². The first kappa shape index (κ1) is 25.4. The fourth-order valence-electron chi connectivity index (χ4n) is 4.99. The minimum absolute atomic E-state index is 0.103. The summed E-state index contributed by atoms with van der Waals surface area (Å²) in [6.07, 6.45) is 0. The number of nitrogens with zero attached hydrogens (tertiary/aromatic N) is 4. The molecule has 1 spiro atoms. The summed E-state index contributed by atoms with van der Waals surface area (Å²) in [5.74, 6) is 0.334. The topological polar surface area (TPSA) is 48.3 Å². The highest BCUT2D eigenvalue weighted by molar-refractivity contribution is 8.17. The Balaban J connectivity index is 1.63. The summed E-state index contributed by atoms with van der Waals surface area (Å²) < 4.78 is 0. The van der Waals surface area contributed by atoms with Crippen LogP contribution in [0.2, 0.25) is 5.02 Å². The highest BCUT2D eigenvalue weighted by Crippen LogP contribution is 2.55. The molecule has 2 heterocycles. The Morgan fingerprint density at radius 2 is 1.49 bits per heavy atom. The zero-order valence-electron chi connectivity index (χ0n) is 21.9. The van der Waals surface area contributed by atoms with Gasteiger partial charge in [0.1, 0.15) is 0 Å². The SMILES string of the molecule is CC(=O)C1=NN(c2cccc(Cl)c2)[C@]2(S1)c1ccccc1C(c1ccc(C(C)C)cc1)=NN2c1ccccc1. The van der Waals surface area contributed by atoms with E-state index in [1.165, 1.54) is 17.3 Å². The largest absolute Gasteiger partial charge is 0.292 e. The molecular weight excluding hydrogens is 524 g/mol. The van der Waals surface area contributed by atoms with Gasteiger partial charge in [0.2, 0.25) is 4.99 Å². The molecule has 0 unspecified atom stereocenters. The molecule has 2 aliphatic rings. The maximum absolute atomic E-state index is 12.8. The lowest BCUT2D eigenvalue weighted by molar-refractivity contribution is -0.110. The number of para-hydroxylation sites is 1. The summed E-state index contributed by atoms with van der Waals surface area (Å²) in [6, 6.07) is 34.4. The van der Waals surface area contributed by atoms with Crippen molar-refractivity contribution in [2.45, 2.75) is 31.7 Å². The summed E-state index contributed by atoms with van der Waals surface area (Å²) in [5, 5.41) is 15.1. The number of halogens is 1. The number of hydrogen-bond donors (Lipinski definition) is 0. The quantitative estimate of drug-likeness (QED) is 0.252. The van der Waals surface area contributed by atoms with E-state index in [0.29, 0.717) is 16.0 Å². The van der Waals surface area contributed by atoms with Gasteiger partial charge in [0.05, 0.1) is 17.1 Å². The molecular formula is C32H27ClN4OS. The third kappa shape index (κ3) is 4.34. The number of hydrazone groups is 2. The monoisotopic (exact) mass is 550 g/mol. The molecule has 194 valence electrons. The third-order valence-corrected chi connectivity index (χ3v) is 8.59. The van der Waals surface area contributed by atoms with Crippen molar-refractivity contribution in [3.63, 3.8) is 0 Å². The lowest BCUT2D eigenvalue weighted by Crippen LogP contribution is -2.54. The van der Waals surface area contributed by atoms with Crippen LogP contribution in [0.5, 0.6) is 0 Å². The summed E-state index contributed by atoms with van der Waals surface area (Å²) >= 11 is 7.85. The Kier molecular flexibility index (Phi) is 6.53. The van der Waals surface area contributed by atoms with Crippen LogP contribution < -0.4 is 10.0 Å². The van der Waals surface area contributed by atoms with E-state index in [1.807, 2.05) is 76.7 Å². The van der Waals surface area contributed by atoms with Gasteiger partial charge in [0, 0.05) is 28.6 Å². The van der Waals surface area contributed by atoms with Crippen LogP contribution in [-0.4, -0.2) is 16.5 Å². The lowest BCUT2D eigenvalue weighted by atomic mass is 9.92. The predicted molar refractivity (Wildman–Crippen MR) is 163 cm³/mol. The molecule has 0 amide bonds. The molecule has 4 aromatic rings. The smallest absolute Gasteiger partial charge is 0.234 e. The van der Waals surface area contributed by atoms with Crippen molar-refractivity contribution in [3.8, 4) is 0 Å². The van der Waals surface area contributed by atoms with Gasteiger partial charge in [-0.1, -0.05) is 98.2 Å². The zero-order valence-corrected chi connectivity index (χ0v) is 23.4. The minimum atomic E-state index is -0.995. The average molecular weight is 551 g/mol. The fraction of sp³-hybridized carbons (Fsp3) is 0.156. The molecule has 5 nitrogen and oxygen atoms in total. The number of benzene rings is 4. The molecule has 0 saturated carbocycles.